The van der Waals surface area contributed by atoms with E-state index in [4.69, 9.17) is 0 Å². The van der Waals surface area contributed by atoms with Gasteiger partial charge in [0.15, 0.2) is 0 Å². The minimum absolute atomic E-state index is 0.0896. The van der Waals surface area contributed by atoms with Crippen LogP contribution in [-0.4, -0.2) is 35.4 Å². The monoisotopic (exact) mass is 364 g/mol. The zero-order valence-corrected chi connectivity index (χ0v) is 14.5. The van der Waals surface area contributed by atoms with E-state index < -0.39 is 11.0 Å². The topological polar surface area (TPSA) is 95.8 Å². The SMILES string of the molecule is CN1C(=O)N[C@@H](c2cccc([N+](=O)[O-])c2)C2=C1CN(c1ccccc1)C2=O. The molecule has 27 heavy (non-hydrogen) atoms. The van der Waals surface area contributed by atoms with Crippen LogP contribution in [0.5, 0.6) is 0 Å². The molecule has 8 heteroatoms. The molecule has 0 aromatic heterocycles. The molecule has 0 fully saturated rings. The number of benzene rings is 2. The Bertz CT molecular complexity index is 986. The maximum absolute atomic E-state index is 13.2. The van der Waals surface area contributed by atoms with E-state index >= 15 is 0 Å². The second-order valence-corrected chi connectivity index (χ2v) is 6.38. The summed E-state index contributed by atoms with van der Waals surface area (Å²) >= 11 is 0. The molecule has 2 aromatic rings. The van der Waals surface area contributed by atoms with Gasteiger partial charge in [0.1, 0.15) is 0 Å². The van der Waals surface area contributed by atoms with E-state index in [0.29, 0.717) is 16.8 Å². The minimum Gasteiger partial charge on any atom is -0.327 e. The molecule has 0 unspecified atom stereocenters. The van der Waals surface area contributed by atoms with E-state index in [1.807, 2.05) is 30.3 Å². The van der Waals surface area contributed by atoms with Crippen LogP contribution in [-0.2, 0) is 4.79 Å². The number of non-ortho nitro benzene ring substituents is 1. The molecule has 4 rings (SSSR count). The van der Waals surface area contributed by atoms with Crippen LogP contribution < -0.4 is 10.2 Å². The average molecular weight is 364 g/mol. The molecule has 0 saturated carbocycles. The number of anilines is 1. The van der Waals surface area contributed by atoms with Crippen molar-refractivity contribution in [2.24, 2.45) is 0 Å². The predicted octanol–water partition coefficient (Wildman–Crippen LogP) is 2.59. The molecule has 0 aliphatic carbocycles. The highest BCUT2D eigenvalue weighted by molar-refractivity contribution is 6.11. The number of nitrogens with one attached hydrogen (secondary N) is 1. The number of urea groups is 1. The van der Waals surface area contributed by atoms with Crippen LogP contribution in [0.3, 0.4) is 0 Å². The first kappa shape index (κ1) is 16.8. The molecule has 2 aromatic carbocycles. The molecule has 0 radical (unpaired) electrons. The van der Waals surface area contributed by atoms with Crippen molar-refractivity contribution in [1.82, 2.24) is 10.2 Å². The van der Waals surface area contributed by atoms with E-state index in [1.165, 1.54) is 17.0 Å². The van der Waals surface area contributed by atoms with Crippen molar-refractivity contribution in [2.75, 3.05) is 18.5 Å². The summed E-state index contributed by atoms with van der Waals surface area (Å²) < 4.78 is 0. The Morgan fingerprint density at radius 2 is 1.85 bits per heavy atom. The fourth-order valence-corrected chi connectivity index (χ4v) is 3.45. The molecule has 2 aliphatic heterocycles. The number of likely N-dealkylation sites (N-methyl/N-ethyl adjacent to an activating group) is 1. The van der Waals surface area contributed by atoms with Crippen LogP contribution in [0, 0.1) is 10.1 Å². The number of rotatable bonds is 3. The van der Waals surface area contributed by atoms with Gasteiger partial charge in [-0.15, -0.1) is 0 Å². The lowest BCUT2D eigenvalue weighted by atomic mass is 9.95. The summed E-state index contributed by atoms with van der Waals surface area (Å²) in [5, 5.41) is 13.9. The van der Waals surface area contributed by atoms with Gasteiger partial charge in [-0.25, -0.2) is 4.79 Å². The number of hydrogen-bond acceptors (Lipinski definition) is 4. The minimum atomic E-state index is -0.732. The van der Waals surface area contributed by atoms with Gasteiger partial charge in [0.2, 0.25) is 0 Å². The first-order chi connectivity index (χ1) is 13.0. The molecule has 2 heterocycles. The number of carbonyl (C=O) groups excluding carboxylic acids is 2. The van der Waals surface area contributed by atoms with Crippen molar-refractivity contribution in [3.05, 3.63) is 81.5 Å². The Morgan fingerprint density at radius 1 is 1.11 bits per heavy atom. The lowest BCUT2D eigenvalue weighted by Gasteiger charge is -2.30. The largest absolute Gasteiger partial charge is 0.327 e. The van der Waals surface area contributed by atoms with Crippen molar-refractivity contribution in [1.29, 1.82) is 0 Å². The number of nitro benzene ring substituents is 1. The summed E-state index contributed by atoms with van der Waals surface area (Å²) in [5.41, 5.74) is 2.18. The molecule has 0 saturated heterocycles. The first-order valence-corrected chi connectivity index (χ1v) is 8.36. The van der Waals surface area contributed by atoms with Crippen LogP contribution in [0.25, 0.3) is 0 Å². The van der Waals surface area contributed by atoms with Crippen molar-refractivity contribution in [3.63, 3.8) is 0 Å². The van der Waals surface area contributed by atoms with Gasteiger partial charge in [-0.3, -0.25) is 19.8 Å². The third-order valence-electron chi connectivity index (χ3n) is 4.84. The van der Waals surface area contributed by atoms with Crippen molar-refractivity contribution < 1.29 is 14.5 Å². The van der Waals surface area contributed by atoms with Gasteiger partial charge >= 0.3 is 6.03 Å². The predicted molar refractivity (Wildman–Crippen MR) is 98.0 cm³/mol. The summed E-state index contributed by atoms with van der Waals surface area (Å²) in [6, 6.07) is 14.1. The van der Waals surface area contributed by atoms with Crippen molar-refractivity contribution >= 4 is 23.3 Å². The van der Waals surface area contributed by atoms with Crippen LogP contribution in [0.2, 0.25) is 0 Å². The summed E-state index contributed by atoms with van der Waals surface area (Å²) in [5.74, 6) is -0.223. The number of carbonyl (C=O) groups is 2. The first-order valence-electron chi connectivity index (χ1n) is 8.36. The average Bonchev–Trinajstić information content (AvgIpc) is 3.03. The van der Waals surface area contributed by atoms with E-state index in [-0.39, 0.29) is 24.2 Å². The Hall–Kier alpha value is -3.68. The van der Waals surface area contributed by atoms with E-state index in [0.717, 1.165) is 5.69 Å². The smallest absolute Gasteiger partial charge is 0.322 e. The number of amides is 3. The molecule has 3 amide bonds. The summed E-state index contributed by atoms with van der Waals surface area (Å²) in [4.78, 5) is 39.2. The van der Waals surface area contributed by atoms with E-state index in [1.54, 1.807) is 24.1 Å². The molecule has 8 nitrogen and oxygen atoms in total. The quantitative estimate of drug-likeness (QED) is 0.669. The normalized spacial score (nSPS) is 19.2. The zero-order valence-electron chi connectivity index (χ0n) is 14.5. The van der Waals surface area contributed by atoms with Gasteiger partial charge in [0.05, 0.1) is 28.8 Å². The lowest BCUT2D eigenvalue weighted by Crippen LogP contribution is -2.45. The van der Waals surface area contributed by atoms with Crippen LogP contribution in [0.15, 0.2) is 65.9 Å². The van der Waals surface area contributed by atoms with Crippen LogP contribution >= 0.6 is 0 Å². The van der Waals surface area contributed by atoms with Crippen molar-refractivity contribution in [3.8, 4) is 0 Å². The number of hydrogen-bond donors (Lipinski definition) is 1. The second kappa shape index (κ2) is 6.24. The highest BCUT2D eigenvalue weighted by Crippen LogP contribution is 2.38. The number of nitrogens with zero attached hydrogens (tertiary/aromatic N) is 3. The maximum Gasteiger partial charge on any atom is 0.322 e. The second-order valence-electron chi connectivity index (χ2n) is 6.38. The fraction of sp³-hybridized carbons (Fsp3) is 0.158. The molecule has 1 N–H and O–H groups in total. The summed E-state index contributed by atoms with van der Waals surface area (Å²) in [6.07, 6.45) is 0. The Labute approximate surface area is 154 Å². The van der Waals surface area contributed by atoms with Crippen molar-refractivity contribution in [2.45, 2.75) is 6.04 Å². The highest BCUT2D eigenvalue weighted by Gasteiger charge is 2.43. The molecule has 2 aliphatic rings. The van der Waals surface area contributed by atoms with Gasteiger partial charge in [-0.05, 0) is 17.7 Å². The van der Waals surface area contributed by atoms with Crippen LogP contribution in [0.1, 0.15) is 11.6 Å². The van der Waals surface area contributed by atoms with Gasteiger partial charge in [-0.2, -0.15) is 0 Å². The van der Waals surface area contributed by atoms with Gasteiger partial charge in [-0.1, -0.05) is 30.3 Å². The molecular weight excluding hydrogens is 348 g/mol. The van der Waals surface area contributed by atoms with Gasteiger partial charge in [0.25, 0.3) is 11.6 Å². The van der Waals surface area contributed by atoms with Gasteiger partial charge in [0, 0.05) is 24.9 Å². The van der Waals surface area contributed by atoms with Crippen LogP contribution in [0.4, 0.5) is 16.2 Å². The summed E-state index contributed by atoms with van der Waals surface area (Å²) in [7, 11) is 1.61. The standard InChI is InChI=1S/C19H16N4O4/c1-21-15-11-22(13-7-3-2-4-8-13)18(24)16(15)17(20-19(21)25)12-6-5-9-14(10-12)23(26)27/h2-10,17H,11H2,1H3,(H,20,25)/t17-/m0/s1. The molecule has 0 spiro atoms. The Morgan fingerprint density at radius 3 is 2.56 bits per heavy atom. The molecular formula is C19H16N4O4. The summed E-state index contributed by atoms with van der Waals surface area (Å²) in [6.45, 7) is 0.271. The Kier molecular flexibility index (Phi) is 3.88. The van der Waals surface area contributed by atoms with E-state index in [9.17, 15) is 19.7 Å². The maximum atomic E-state index is 13.2. The van der Waals surface area contributed by atoms with E-state index in [2.05, 4.69) is 5.32 Å². The highest BCUT2D eigenvalue weighted by atomic mass is 16.6. The molecule has 1 atom stereocenters. The zero-order chi connectivity index (χ0) is 19.1. The third kappa shape index (κ3) is 2.71. The number of para-hydroxylation sites is 1. The third-order valence-corrected chi connectivity index (χ3v) is 4.84. The lowest BCUT2D eigenvalue weighted by molar-refractivity contribution is -0.384. The fourth-order valence-electron chi connectivity index (χ4n) is 3.45. The molecule has 136 valence electrons. The Balaban J connectivity index is 1.78. The number of nitro groups is 1. The van der Waals surface area contributed by atoms with Gasteiger partial charge < -0.3 is 10.2 Å². The molecule has 0 bridgehead atoms.